The second-order valence-corrected chi connectivity index (χ2v) is 6.46. The van der Waals surface area contributed by atoms with E-state index in [1.54, 1.807) is 17.0 Å². The molecule has 1 saturated heterocycles. The van der Waals surface area contributed by atoms with Crippen LogP contribution in [-0.2, 0) is 4.74 Å². The van der Waals surface area contributed by atoms with E-state index in [9.17, 15) is 13.6 Å². The third-order valence-electron chi connectivity index (χ3n) is 3.29. The van der Waals surface area contributed by atoms with Crippen LogP contribution in [0.2, 0.25) is 0 Å². The minimum atomic E-state index is -2.83. The van der Waals surface area contributed by atoms with Gasteiger partial charge in [-0.05, 0) is 51.5 Å². The molecule has 128 valence electrons. The Balaban J connectivity index is 1.84. The Labute approximate surface area is 134 Å². The minimum Gasteiger partial charge on any atom is -0.444 e. The molecule has 0 saturated carbocycles. The van der Waals surface area contributed by atoms with Gasteiger partial charge in [-0.25, -0.2) is 4.79 Å². The summed E-state index contributed by atoms with van der Waals surface area (Å²) >= 11 is 0. The first-order chi connectivity index (χ1) is 10.7. The molecule has 7 heteroatoms. The van der Waals surface area contributed by atoms with Crippen molar-refractivity contribution in [3.05, 3.63) is 24.3 Å². The largest absolute Gasteiger partial charge is 0.444 e. The number of hydrogen-bond donors (Lipinski definition) is 1. The number of ether oxygens (including phenoxy) is 2. The molecule has 1 aliphatic rings. The van der Waals surface area contributed by atoms with Gasteiger partial charge in [-0.3, -0.25) is 0 Å². The first kappa shape index (κ1) is 17.3. The number of likely N-dealkylation sites (tertiary alicyclic amines) is 1. The van der Waals surface area contributed by atoms with Gasteiger partial charge in [0.25, 0.3) is 0 Å². The van der Waals surface area contributed by atoms with Crippen molar-refractivity contribution in [1.82, 2.24) is 4.90 Å². The lowest BCUT2D eigenvalue weighted by atomic mass is 10.2. The molecule has 5 nitrogen and oxygen atoms in total. The SMILES string of the molecule is CC(C)(C)OC(=O)N1CCC(Nc2ccc(OC(F)F)cc2)C1. The van der Waals surface area contributed by atoms with Gasteiger partial charge in [0.1, 0.15) is 11.4 Å². The average Bonchev–Trinajstić information content (AvgIpc) is 2.87. The molecular formula is C16H22F2N2O3. The summed E-state index contributed by atoms with van der Waals surface area (Å²) in [6, 6.07) is 6.41. The Bertz CT molecular complexity index is 529. The molecule has 2 rings (SSSR count). The van der Waals surface area contributed by atoms with E-state index in [1.807, 2.05) is 20.8 Å². The summed E-state index contributed by atoms with van der Waals surface area (Å²) in [5, 5.41) is 3.28. The minimum absolute atomic E-state index is 0.101. The van der Waals surface area contributed by atoms with Crippen molar-refractivity contribution in [2.45, 2.75) is 45.4 Å². The maximum Gasteiger partial charge on any atom is 0.410 e. The summed E-state index contributed by atoms with van der Waals surface area (Å²) in [7, 11) is 0. The highest BCUT2D eigenvalue weighted by Gasteiger charge is 2.29. The lowest BCUT2D eigenvalue weighted by molar-refractivity contribution is -0.0498. The Kier molecular flexibility index (Phi) is 5.28. The standard InChI is InChI=1S/C16H22F2N2O3/c1-16(2,3)23-15(21)20-9-8-12(10-20)19-11-4-6-13(7-5-11)22-14(17)18/h4-7,12,14,19H,8-10H2,1-3H3. The Morgan fingerprint density at radius 3 is 2.52 bits per heavy atom. The molecular weight excluding hydrogens is 306 g/mol. The number of carbonyl (C=O) groups excluding carboxylic acids is 1. The highest BCUT2D eigenvalue weighted by atomic mass is 19.3. The fraction of sp³-hybridized carbons (Fsp3) is 0.562. The number of hydrogen-bond acceptors (Lipinski definition) is 4. The Morgan fingerprint density at radius 1 is 1.30 bits per heavy atom. The molecule has 1 atom stereocenters. The number of rotatable bonds is 4. The third kappa shape index (κ3) is 5.58. The van der Waals surface area contributed by atoms with Crippen LogP contribution in [0.3, 0.4) is 0 Å². The first-order valence-corrected chi connectivity index (χ1v) is 7.52. The van der Waals surface area contributed by atoms with Crippen molar-refractivity contribution in [1.29, 1.82) is 0 Å². The molecule has 1 heterocycles. The average molecular weight is 328 g/mol. The Morgan fingerprint density at radius 2 is 1.96 bits per heavy atom. The van der Waals surface area contributed by atoms with Gasteiger partial charge in [-0.2, -0.15) is 8.78 Å². The fourth-order valence-electron chi connectivity index (χ4n) is 2.34. The van der Waals surface area contributed by atoms with E-state index in [1.165, 1.54) is 12.1 Å². The number of nitrogens with one attached hydrogen (secondary N) is 1. The van der Waals surface area contributed by atoms with Crippen LogP contribution in [0.1, 0.15) is 27.2 Å². The number of alkyl halides is 2. The van der Waals surface area contributed by atoms with Gasteiger partial charge in [0.15, 0.2) is 0 Å². The molecule has 1 aliphatic heterocycles. The second kappa shape index (κ2) is 7.02. The van der Waals surface area contributed by atoms with Gasteiger partial charge in [0.2, 0.25) is 0 Å². The number of halogens is 2. The third-order valence-corrected chi connectivity index (χ3v) is 3.29. The number of nitrogens with zero attached hydrogens (tertiary/aromatic N) is 1. The predicted molar refractivity (Wildman–Crippen MR) is 82.9 cm³/mol. The molecule has 23 heavy (non-hydrogen) atoms. The fourth-order valence-corrected chi connectivity index (χ4v) is 2.34. The van der Waals surface area contributed by atoms with E-state index in [-0.39, 0.29) is 17.9 Å². The number of carbonyl (C=O) groups is 1. The van der Waals surface area contributed by atoms with E-state index in [0.29, 0.717) is 13.1 Å². The zero-order chi connectivity index (χ0) is 17.0. The molecule has 1 fully saturated rings. The summed E-state index contributed by atoms with van der Waals surface area (Å²) < 4.78 is 33.8. The summed E-state index contributed by atoms with van der Waals surface area (Å²) in [6.07, 6.45) is 0.483. The van der Waals surface area contributed by atoms with E-state index in [4.69, 9.17) is 4.74 Å². The molecule has 1 N–H and O–H groups in total. The number of benzene rings is 1. The van der Waals surface area contributed by atoms with Gasteiger partial charge < -0.3 is 19.7 Å². The van der Waals surface area contributed by atoms with E-state index >= 15 is 0 Å². The number of anilines is 1. The van der Waals surface area contributed by atoms with Crippen molar-refractivity contribution in [3.8, 4) is 5.75 Å². The normalized spacial score (nSPS) is 18.2. The lowest BCUT2D eigenvalue weighted by Crippen LogP contribution is -2.36. The highest BCUT2D eigenvalue weighted by molar-refractivity contribution is 5.68. The van der Waals surface area contributed by atoms with Gasteiger partial charge in [0, 0.05) is 24.8 Å². The first-order valence-electron chi connectivity index (χ1n) is 7.52. The second-order valence-electron chi connectivity index (χ2n) is 6.46. The zero-order valence-corrected chi connectivity index (χ0v) is 13.5. The molecule has 1 amide bonds. The van der Waals surface area contributed by atoms with Crippen LogP contribution in [0.5, 0.6) is 5.75 Å². The summed E-state index contributed by atoms with van der Waals surface area (Å²) in [6.45, 7) is 3.84. The molecule has 1 aromatic carbocycles. The van der Waals surface area contributed by atoms with Crippen LogP contribution in [0.25, 0.3) is 0 Å². The summed E-state index contributed by atoms with van der Waals surface area (Å²) in [5.74, 6) is 0.118. The van der Waals surface area contributed by atoms with Gasteiger partial charge in [-0.15, -0.1) is 0 Å². The maximum atomic E-state index is 12.1. The van der Waals surface area contributed by atoms with E-state index in [0.717, 1.165) is 12.1 Å². The Hall–Kier alpha value is -2.05. The topological polar surface area (TPSA) is 50.8 Å². The van der Waals surface area contributed by atoms with Gasteiger partial charge in [-0.1, -0.05) is 0 Å². The smallest absolute Gasteiger partial charge is 0.410 e. The van der Waals surface area contributed by atoms with Gasteiger partial charge in [0.05, 0.1) is 0 Å². The van der Waals surface area contributed by atoms with Crippen molar-refractivity contribution < 1.29 is 23.0 Å². The molecule has 1 aromatic rings. The maximum absolute atomic E-state index is 12.1. The van der Waals surface area contributed by atoms with Crippen LogP contribution < -0.4 is 10.1 Å². The van der Waals surface area contributed by atoms with Crippen molar-refractivity contribution in [2.24, 2.45) is 0 Å². The van der Waals surface area contributed by atoms with Gasteiger partial charge >= 0.3 is 12.7 Å². The summed E-state index contributed by atoms with van der Waals surface area (Å²) in [5.41, 5.74) is 0.283. The van der Waals surface area contributed by atoms with Crippen LogP contribution in [0.4, 0.5) is 19.3 Å². The molecule has 0 spiro atoms. The number of amides is 1. The quantitative estimate of drug-likeness (QED) is 0.915. The molecule has 0 aromatic heterocycles. The highest BCUT2D eigenvalue weighted by Crippen LogP contribution is 2.21. The zero-order valence-electron chi connectivity index (χ0n) is 13.5. The predicted octanol–water partition coefficient (Wildman–Crippen LogP) is 3.71. The van der Waals surface area contributed by atoms with Crippen LogP contribution in [0, 0.1) is 0 Å². The van der Waals surface area contributed by atoms with Crippen LogP contribution in [-0.4, -0.2) is 42.3 Å². The van der Waals surface area contributed by atoms with Crippen molar-refractivity contribution >= 4 is 11.8 Å². The monoisotopic (exact) mass is 328 g/mol. The summed E-state index contributed by atoms with van der Waals surface area (Å²) in [4.78, 5) is 13.7. The molecule has 0 radical (unpaired) electrons. The lowest BCUT2D eigenvalue weighted by Gasteiger charge is -2.24. The van der Waals surface area contributed by atoms with Crippen molar-refractivity contribution in [2.75, 3.05) is 18.4 Å². The van der Waals surface area contributed by atoms with Crippen LogP contribution >= 0.6 is 0 Å². The van der Waals surface area contributed by atoms with Crippen LogP contribution in [0.15, 0.2) is 24.3 Å². The molecule has 0 bridgehead atoms. The van der Waals surface area contributed by atoms with Crippen molar-refractivity contribution in [3.63, 3.8) is 0 Å². The van der Waals surface area contributed by atoms with E-state index < -0.39 is 12.2 Å². The molecule has 1 unspecified atom stereocenters. The van der Waals surface area contributed by atoms with E-state index in [2.05, 4.69) is 10.1 Å². The molecule has 0 aliphatic carbocycles.